The summed E-state index contributed by atoms with van der Waals surface area (Å²) in [4.78, 5) is 0. The number of halogens is 1. The minimum absolute atomic E-state index is 0.647. The molecule has 0 fully saturated rings. The van der Waals surface area contributed by atoms with E-state index in [4.69, 9.17) is 0 Å². The van der Waals surface area contributed by atoms with Crippen LogP contribution in [0.5, 0.6) is 0 Å². The molecule has 0 saturated heterocycles. The molecule has 0 aliphatic heterocycles. The first-order chi connectivity index (χ1) is 6.83. The van der Waals surface area contributed by atoms with Crippen LogP contribution in [0.1, 0.15) is 36.8 Å². The van der Waals surface area contributed by atoms with Crippen LogP contribution in [-0.4, -0.2) is 4.43 Å². The molecule has 1 heteroatoms. The van der Waals surface area contributed by atoms with Crippen LogP contribution in [0, 0.1) is 0 Å². The van der Waals surface area contributed by atoms with Gasteiger partial charge in [0.15, 0.2) is 0 Å². The summed E-state index contributed by atoms with van der Waals surface area (Å²) in [6, 6.07) is 8.75. The van der Waals surface area contributed by atoms with E-state index < -0.39 is 0 Å². The quantitative estimate of drug-likeness (QED) is 0.573. The minimum atomic E-state index is 0.647. The minimum Gasteiger partial charge on any atom is -0.0864 e. The lowest BCUT2D eigenvalue weighted by Gasteiger charge is -2.09. The van der Waals surface area contributed by atoms with Gasteiger partial charge in [-0.2, -0.15) is 0 Å². The van der Waals surface area contributed by atoms with Gasteiger partial charge in [0, 0.05) is 5.92 Å². The van der Waals surface area contributed by atoms with Gasteiger partial charge < -0.3 is 0 Å². The molecular formula is C13H15I. The molecule has 0 radical (unpaired) electrons. The van der Waals surface area contributed by atoms with Crippen LogP contribution in [0.25, 0.3) is 6.08 Å². The van der Waals surface area contributed by atoms with Crippen molar-refractivity contribution in [3.63, 3.8) is 0 Å². The summed E-state index contributed by atoms with van der Waals surface area (Å²) in [6.07, 6.45) is 4.95. The van der Waals surface area contributed by atoms with E-state index in [1.807, 2.05) is 0 Å². The number of fused-ring (bicyclic) bond motifs is 1. The first kappa shape index (κ1) is 10.2. The fourth-order valence-corrected chi connectivity index (χ4v) is 2.50. The van der Waals surface area contributed by atoms with Crippen LogP contribution in [0.2, 0.25) is 0 Å². The maximum absolute atomic E-state index is 2.45. The molecule has 1 unspecified atom stereocenters. The van der Waals surface area contributed by atoms with Gasteiger partial charge >= 0.3 is 0 Å². The van der Waals surface area contributed by atoms with Crippen molar-refractivity contribution in [2.45, 2.75) is 25.7 Å². The topological polar surface area (TPSA) is 0 Å². The van der Waals surface area contributed by atoms with Crippen molar-refractivity contribution >= 4 is 28.7 Å². The van der Waals surface area contributed by atoms with Crippen molar-refractivity contribution in [3.05, 3.63) is 41.0 Å². The summed E-state index contributed by atoms with van der Waals surface area (Å²) < 4.78 is 1.26. The fourth-order valence-electron chi connectivity index (χ4n) is 2.12. The molecule has 1 atom stereocenters. The average molecular weight is 298 g/mol. The Kier molecular flexibility index (Phi) is 3.26. The van der Waals surface area contributed by atoms with Crippen LogP contribution < -0.4 is 0 Å². The van der Waals surface area contributed by atoms with E-state index in [9.17, 15) is 0 Å². The largest absolute Gasteiger partial charge is 0.0864 e. The van der Waals surface area contributed by atoms with Crippen molar-refractivity contribution in [2.24, 2.45) is 0 Å². The summed E-state index contributed by atoms with van der Waals surface area (Å²) in [6.45, 7) is 2.32. The smallest absolute Gasteiger partial charge is 0.00290 e. The summed E-state index contributed by atoms with van der Waals surface area (Å²) in [5.41, 5.74) is 4.56. The third kappa shape index (κ3) is 1.88. The Morgan fingerprint density at radius 2 is 2.07 bits per heavy atom. The van der Waals surface area contributed by atoms with Crippen LogP contribution in [-0.2, 0) is 0 Å². The lowest BCUT2D eigenvalue weighted by Crippen LogP contribution is -1.93. The molecule has 14 heavy (non-hydrogen) atoms. The molecule has 0 saturated carbocycles. The third-order valence-corrected chi connectivity index (χ3v) is 3.72. The summed E-state index contributed by atoms with van der Waals surface area (Å²) >= 11 is 2.45. The molecule has 74 valence electrons. The van der Waals surface area contributed by atoms with Gasteiger partial charge in [-0.1, -0.05) is 65.4 Å². The van der Waals surface area contributed by atoms with E-state index in [1.165, 1.54) is 28.4 Å². The number of benzene rings is 1. The molecule has 0 bridgehead atoms. The van der Waals surface area contributed by atoms with Gasteiger partial charge in [-0.05, 0) is 28.4 Å². The Bertz CT molecular complexity index is 352. The Hall–Kier alpha value is -0.310. The van der Waals surface area contributed by atoms with Gasteiger partial charge in [-0.15, -0.1) is 0 Å². The van der Waals surface area contributed by atoms with Gasteiger partial charge in [0.2, 0.25) is 0 Å². The first-order valence-electron chi connectivity index (χ1n) is 5.18. The van der Waals surface area contributed by atoms with Crippen molar-refractivity contribution in [1.29, 1.82) is 0 Å². The molecule has 0 amide bonds. The van der Waals surface area contributed by atoms with Gasteiger partial charge in [-0.25, -0.2) is 0 Å². The van der Waals surface area contributed by atoms with E-state index in [0.717, 1.165) is 0 Å². The summed E-state index contributed by atoms with van der Waals surface area (Å²) in [5, 5.41) is 0. The highest BCUT2D eigenvalue weighted by atomic mass is 127. The third-order valence-electron chi connectivity index (χ3n) is 2.96. The van der Waals surface area contributed by atoms with Gasteiger partial charge in [0.05, 0.1) is 0 Å². The second-order valence-corrected chi connectivity index (χ2v) is 4.94. The number of hydrogen-bond acceptors (Lipinski definition) is 0. The molecule has 0 aromatic heterocycles. The summed E-state index contributed by atoms with van der Waals surface area (Å²) in [7, 11) is 0. The molecule has 0 heterocycles. The zero-order valence-electron chi connectivity index (χ0n) is 8.46. The monoisotopic (exact) mass is 298 g/mol. The standard InChI is InChI=1S/C13H15I/c1-10-11(6-4-8-14)9-12-5-2-3-7-13(10)12/h2-3,5,7,9-10H,4,6,8H2,1H3. The molecule has 0 N–H and O–H groups in total. The highest BCUT2D eigenvalue weighted by Gasteiger charge is 2.19. The molecule has 2 rings (SSSR count). The normalized spacial score (nSPS) is 19.3. The zero-order chi connectivity index (χ0) is 9.97. The molecular weight excluding hydrogens is 283 g/mol. The maximum Gasteiger partial charge on any atom is 0.00290 e. The Labute approximate surface area is 99.6 Å². The Balaban J connectivity index is 2.19. The molecule has 0 nitrogen and oxygen atoms in total. The average Bonchev–Trinajstić information content (AvgIpc) is 2.54. The van der Waals surface area contributed by atoms with Crippen molar-refractivity contribution < 1.29 is 0 Å². The van der Waals surface area contributed by atoms with Crippen molar-refractivity contribution in [3.8, 4) is 0 Å². The lowest BCUT2D eigenvalue weighted by molar-refractivity contribution is 0.812. The first-order valence-corrected chi connectivity index (χ1v) is 6.71. The maximum atomic E-state index is 2.45. The second-order valence-electron chi connectivity index (χ2n) is 3.86. The van der Waals surface area contributed by atoms with E-state index >= 15 is 0 Å². The van der Waals surface area contributed by atoms with Crippen LogP contribution in [0.4, 0.5) is 0 Å². The van der Waals surface area contributed by atoms with Gasteiger partial charge in [0.1, 0.15) is 0 Å². The van der Waals surface area contributed by atoms with E-state index in [0.29, 0.717) is 5.92 Å². The van der Waals surface area contributed by atoms with Crippen molar-refractivity contribution in [2.75, 3.05) is 4.43 Å². The van der Waals surface area contributed by atoms with Crippen LogP contribution in [0.3, 0.4) is 0 Å². The van der Waals surface area contributed by atoms with Crippen molar-refractivity contribution in [1.82, 2.24) is 0 Å². The summed E-state index contributed by atoms with van der Waals surface area (Å²) in [5.74, 6) is 0.647. The van der Waals surface area contributed by atoms with E-state index in [2.05, 4.69) is 59.9 Å². The zero-order valence-corrected chi connectivity index (χ0v) is 10.6. The Morgan fingerprint density at radius 3 is 2.79 bits per heavy atom. The number of hydrogen-bond donors (Lipinski definition) is 0. The lowest BCUT2D eigenvalue weighted by atomic mass is 9.95. The number of alkyl halides is 1. The molecule has 1 aromatic carbocycles. The predicted molar refractivity (Wildman–Crippen MR) is 71.0 cm³/mol. The second kappa shape index (κ2) is 4.47. The SMILES string of the molecule is CC1C(CCCI)=Cc2ccccc21. The van der Waals surface area contributed by atoms with E-state index in [-0.39, 0.29) is 0 Å². The molecule has 1 aliphatic carbocycles. The molecule has 0 spiro atoms. The Morgan fingerprint density at radius 1 is 1.29 bits per heavy atom. The molecule has 1 aliphatic rings. The highest BCUT2D eigenvalue weighted by molar-refractivity contribution is 14.1. The van der Waals surface area contributed by atoms with Crippen LogP contribution >= 0.6 is 22.6 Å². The van der Waals surface area contributed by atoms with Gasteiger partial charge in [0.25, 0.3) is 0 Å². The van der Waals surface area contributed by atoms with Crippen LogP contribution in [0.15, 0.2) is 29.8 Å². The van der Waals surface area contributed by atoms with Gasteiger partial charge in [-0.3, -0.25) is 0 Å². The van der Waals surface area contributed by atoms with E-state index in [1.54, 1.807) is 5.57 Å². The predicted octanol–water partition coefficient (Wildman–Crippen LogP) is 4.40. The highest BCUT2D eigenvalue weighted by Crippen LogP contribution is 2.37. The fraction of sp³-hybridized carbons (Fsp3) is 0.385. The number of rotatable bonds is 3. The molecule has 1 aromatic rings. The number of allylic oxidation sites excluding steroid dienone is 1.